The zero-order chi connectivity index (χ0) is 24.5. The Hall–Kier alpha value is -3.56. The van der Waals surface area contributed by atoms with Gasteiger partial charge in [-0.25, -0.2) is 23.2 Å². The molecule has 2 aromatic heterocycles. The Kier molecular flexibility index (Phi) is 6.49. The number of carbonyl (C=O) groups excluding carboxylic acids is 1. The zero-order valence-corrected chi connectivity index (χ0v) is 20.1. The summed E-state index contributed by atoms with van der Waals surface area (Å²) in [4.78, 5) is 18.1. The molecule has 0 atom stereocenters. The number of aromatic nitrogens is 3. The molecule has 176 valence electrons. The Morgan fingerprint density at radius 2 is 1.76 bits per heavy atom. The van der Waals surface area contributed by atoms with Crippen LogP contribution in [0.25, 0.3) is 22.3 Å². The van der Waals surface area contributed by atoms with Crippen LogP contribution < -0.4 is 10.5 Å². The number of aryl methyl sites for hydroxylation is 1. The van der Waals surface area contributed by atoms with Crippen molar-refractivity contribution in [2.24, 2.45) is 5.14 Å². The van der Waals surface area contributed by atoms with Gasteiger partial charge < -0.3 is 5.32 Å². The van der Waals surface area contributed by atoms with E-state index in [-0.39, 0.29) is 24.2 Å². The predicted molar refractivity (Wildman–Crippen MR) is 133 cm³/mol. The van der Waals surface area contributed by atoms with Crippen molar-refractivity contribution in [3.8, 4) is 11.3 Å². The molecule has 0 fully saturated rings. The summed E-state index contributed by atoms with van der Waals surface area (Å²) in [6, 6.07) is 16.8. The molecule has 0 spiro atoms. The molecule has 4 rings (SSSR count). The Bertz CT molecular complexity index is 1460. The van der Waals surface area contributed by atoms with Crippen molar-refractivity contribution < 1.29 is 13.2 Å². The number of amides is 1. The second kappa shape index (κ2) is 9.36. The first-order valence-corrected chi connectivity index (χ1v) is 12.6. The van der Waals surface area contributed by atoms with E-state index in [1.54, 1.807) is 30.5 Å². The van der Waals surface area contributed by atoms with Crippen molar-refractivity contribution in [1.29, 1.82) is 0 Å². The average molecular weight is 478 g/mol. The average Bonchev–Trinajstić information content (AvgIpc) is 3.21. The maximum Gasteiger partial charge on any atom is 0.252 e. The Morgan fingerprint density at radius 3 is 2.41 bits per heavy atom. The number of hydrogen-bond donors (Lipinski definition) is 2. The third kappa shape index (κ3) is 5.16. The van der Waals surface area contributed by atoms with E-state index in [0.29, 0.717) is 27.9 Å². The molecule has 2 aromatic carbocycles. The highest BCUT2D eigenvalue weighted by molar-refractivity contribution is 7.88. The van der Waals surface area contributed by atoms with Gasteiger partial charge in [0.25, 0.3) is 5.91 Å². The second-order valence-electron chi connectivity index (χ2n) is 8.60. The van der Waals surface area contributed by atoms with Crippen LogP contribution in [0.3, 0.4) is 0 Å². The monoisotopic (exact) mass is 477 g/mol. The van der Waals surface area contributed by atoms with E-state index in [1.807, 2.05) is 55.8 Å². The number of primary sulfonamides is 1. The molecule has 34 heavy (non-hydrogen) atoms. The molecule has 0 saturated heterocycles. The van der Waals surface area contributed by atoms with Crippen LogP contribution in [0.5, 0.6) is 0 Å². The number of fused-ring (bicyclic) bond motifs is 1. The van der Waals surface area contributed by atoms with Gasteiger partial charge in [0, 0.05) is 18.2 Å². The quantitative estimate of drug-likeness (QED) is 0.420. The number of sulfonamides is 1. The molecule has 0 aliphatic rings. The lowest BCUT2D eigenvalue weighted by molar-refractivity contribution is 0.0952. The van der Waals surface area contributed by atoms with E-state index in [2.05, 4.69) is 10.4 Å². The van der Waals surface area contributed by atoms with Gasteiger partial charge in [0.1, 0.15) is 0 Å². The molecule has 9 heteroatoms. The van der Waals surface area contributed by atoms with E-state index in [1.165, 1.54) is 0 Å². The number of benzene rings is 2. The topological polar surface area (TPSA) is 120 Å². The van der Waals surface area contributed by atoms with Gasteiger partial charge in [0.15, 0.2) is 5.65 Å². The van der Waals surface area contributed by atoms with Crippen molar-refractivity contribution in [2.45, 2.75) is 39.1 Å². The summed E-state index contributed by atoms with van der Waals surface area (Å²) in [7, 11) is -3.59. The minimum absolute atomic E-state index is 0.0869. The number of nitrogens with zero attached hydrogens (tertiary/aromatic N) is 3. The number of pyridine rings is 1. The van der Waals surface area contributed by atoms with Gasteiger partial charge in [-0.1, -0.05) is 48.5 Å². The summed E-state index contributed by atoms with van der Waals surface area (Å²) in [5.74, 6) is -0.463. The van der Waals surface area contributed by atoms with Crippen molar-refractivity contribution in [3.63, 3.8) is 0 Å². The predicted octanol–water partition coefficient (Wildman–Crippen LogP) is 3.71. The van der Waals surface area contributed by atoms with Crippen LogP contribution in [0.15, 0.2) is 60.8 Å². The first kappa shape index (κ1) is 23.6. The SMILES string of the molecule is Cc1ccccc1-c1cc(C(=O)NCc2ccc(CS(N)(=O)=O)cc2)c2cnn(C(C)C)c2n1. The molecule has 8 nitrogen and oxygen atoms in total. The summed E-state index contributed by atoms with van der Waals surface area (Å²) in [6.45, 7) is 6.35. The summed E-state index contributed by atoms with van der Waals surface area (Å²) in [6.07, 6.45) is 1.68. The van der Waals surface area contributed by atoms with Crippen LogP contribution >= 0.6 is 0 Å². The van der Waals surface area contributed by atoms with Crippen molar-refractivity contribution in [1.82, 2.24) is 20.1 Å². The van der Waals surface area contributed by atoms with E-state index in [0.717, 1.165) is 16.7 Å². The maximum atomic E-state index is 13.3. The molecule has 1 amide bonds. The number of hydrogen-bond acceptors (Lipinski definition) is 5. The zero-order valence-electron chi connectivity index (χ0n) is 19.3. The third-order valence-corrected chi connectivity index (χ3v) is 6.30. The molecule has 2 heterocycles. The summed E-state index contributed by atoms with van der Waals surface area (Å²) in [5, 5.41) is 13.2. The molecule has 0 aliphatic heterocycles. The van der Waals surface area contributed by atoms with E-state index in [4.69, 9.17) is 10.1 Å². The lowest BCUT2D eigenvalue weighted by Gasteiger charge is -2.12. The molecule has 4 aromatic rings. The Morgan fingerprint density at radius 1 is 1.09 bits per heavy atom. The smallest absolute Gasteiger partial charge is 0.252 e. The van der Waals surface area contributed by atoms with E-state index >= 15 is 0 Å². The first-order chi connectivity index (χ1) is 16.1. The fraction of sp³-hybridized carbons (Fsp3) is 0.240. The van der Waals surface area contributed by atoms with Gasteiger partial charge in [-0.15, -0.1) is 0 Å². The minimum atomic E-state index is -3.59. The van der Waals surface area contributed by atoms with Crippen molar-refractivity contribution in [3.05, 3.63) is 83.0 Å². The third-order valence-electron chi connectivity index (χ3n) is 5.57. The summed E-state index contributed by atoms with van der Waals surface area (Å²) in [5.41, 5.74) is 5.34. The maximum absolute atomic E-state index is 13.3. The van der Waals surface area contributed by atoms with Gasteiger partial charge in [0.05, 0.1) is 28.6 Å². The molecule has 0 bridgehead atoms. The van der Waals surface area contributed by atoms with Crippen LogP contribution in [0.2, 0.25) is 0 Å². The highest BCUT2D eigenvalue weighted by Crippen LogP contribution is 2.28. The lowest BCUT2D eigenvalue weighted by Crippen LogP contribution is -2.23. The van der Waals surface area contributed by atoms with Crippen LogP contribution in [0.4, 0.5) is 0 Å². The van der Waals surface area contributed by atoms with Gasteiger partial charge >= 0.3 is 0 Å². The van der Waals surface area contributed by atoms with Crippen LogP contribution in [0, 0.1) is 6.92 Å². The Labute approximate surface area is 198 Å². The fourth-order valence-electron chi connectivity index (χ4n) is 3.85. The largest absolute Gasteiger partial charge is 0.348 e. The highest BCUT2D eigenvalue weighted by atomic mass is 32.2. The highest BCUT2D eigenvalue weighted by Gasteiger charge is 2.19. The molecule has 0 saturated carbocycles. The molecule has 0 aliphatic carbocycles. The van der Waals surface area contributed by atoms with Gasteiger partial charge in [-0.3, -0.25) is 4.79 Å². The van der Waals surface area contributed by atoms with Crippen molar-refractivity contribution >= 4 is 27.0 Å². The second-order valence-corrected chi connectivity index (χ2v) is 10.2. The van der Waals surface area contributed by atoms with Crippen LogP contribution in [-0.4, -0.2) is 29.1 Å². The molecule has 0 radical (unpaired) electrons. The van der Waals surface area contributed by atoms with Gasteiger partial charge in [-0.05, 0) is 43.5 Å². The normalized spacial score (nSPS) is 11.8. The molecular weight excluding hydrogens is 450 g/mol. The molecule has 3 N–H and O–H groups in total. The summed E-state index contributed by atoms with van der Waals surface area (Å²) >= 11 is 0. The minimum Gasteiger partial charge on any atom is -0.348 e. The first-order valence-electron chi connectivity index (χ1n) is 10.9. The number of nitrogens with two attached hydrogens (primary N) is 1. The Balaban J connectivity index is 1.65. The van der Waals surface area contributed by atoms with Gasteiger partial charge in [-0.2, -0.15) is 5.10 Å². The number of rotatable bonds is 7. The van der Waals surface area contributed by atoms with Crippen molar-refractivity contribution in [2.75, 3.05) is 0 Å². The number of carbonyl (C=O) groups is 1. The van der Waals surface area contributed by atoms with Gasteiger partial charge in [0.2, 0.25) is 10.0 Å². The lowest BCUT2D eigenvalue weighted by atomic mass is 10.0. The van der Waals surface area contributed by atoms with E-state index < -0.39 is 10.0 Å². The fourth-order valence-corrected chi connectivity index (χ4v) is 4.50. The molecule has 0 unspecified atom stereocenters. The summed E-state index contributed by atoms with van der Waals surface area (Å²) < 4.78 is 24.4. The van der Waals surface area contributed by atoms with Crippen LogP contribution in [-0.2, 0) is 22.3 Å². The van der Waals surface area contributed by atoms with Crippen LogP contribution in [0.1, 0.15) is 46.9 Å². The standard InChI is InChI=1S/C25H27N5O3S/c1-16(2)30-24-22(14-28-30)21(12-23(29-24)20-7-5-4-6-17(20)3)25(31)27-13-18-8-10-19(11-9-18)15-34(26,32)33/h4-12,14,16H,13,15H2,1-3H3,(H,27,31)(H2,26,32,33). The van der Waals surface area contributed by atoms with E-state index in [9.17, 15) is 13.2 Å². The molecular formula is C25H27N5O3S. The number of nitrogens with one attached hydrogen (secondary N) is 1.